The number of hydrogen-bond donors (Lipinski definition) is 2. The number of hydrogen-bond acceptors (Lipinski definition) is 3. The van der Waals surface area contributed by atoms with Crippen molar-refractivity contribution in [3.05, 3.63) is 59.4 Å². The molecule has 0 aromatic heterocycles. The zero-order chi connectivity index (χ0) is 14.7. The van der Waals surface area contributed by atoms with Crippen LogP contribution in [0.25, 0.3) is 0 Å². The van der Waals surface area contributed by atoms with Crippen molar-refractivity contribution in [2.24, 2.45) is 0 Å². The number of amides is 1. The Balaban J connectivity index is 2.21. The zero-order valence-corrected chi connectivity index (χ0v) is 10.7. The number of halogens is 3. The minimum absolute atomic E-state index is 0.0661. The molecule has 0 aliphatic carbocycles. The van der Waals surface area contributed by atoms with Gasteiger partial charge in [-0.2, -0.15) is 0 Å². The highest BCUT2D eigenvalue weighted by Crippen LogP contribution is 2.21. The molecular weight excluding hydrogens is 291 g/mol. The van der Waals surface area contributed by atoms with Crippen LogP contribution in [0.5, 0.6) is 0 Å². The predicted octanol–water partition coefficient (Wildman–Crippen LogP) is 3.92. The molecule has 0 fully saturated rings. The van der Waals surface area contributed by atoms with Crippen molar-refractivity contribution < 1.29 is 22.5 Å². The Kier molecular flexibility index (Phi) is 4.31. The van der Waals surface area contributed by atoms with E-state index in [1.54, 1.807) is 0 Å². The minimum atomic E-state index is -1.09. The van der Waals surface area contributed by atoms with Crippen molar-refractivity contribution in [2.75, 3.05) is 5.32 Å². The van der Waals surface area contributed by atoms with Gasteiger partial charge in [0.15, 0.2) is 11.6 Å². The van der Waals surface area contributed by atoms with Gasteiger partial charge in [-0.05, 0) is 30.3 Å². The Labute approximate surface area is 116 Å². The summed E-state index contributed by atoms with van der Waals surface area (Å²) >= 11 is 0.173. The maximum Gasteiger partial charge on any atom is 0.255 e. The molecule has 2 aromatic rings. The number of benzene rings is 2. The Morgan fingerprint density at radius 2 is 1.70 bits per heavy atom. The van der Waals surface area contributed by atoms with Gasteiger partial charge < -0.3 is 9.87 Å². The van der Waals surface area contributed by atoms with Crippen molar-refractivity contribution in [1.29, 1.82) is 0 Å². The van der Waals surface area contributed by atoms with E-state index in [0.29, 0.717) is 0 Å². The molecule has 1 amide bonds. The van der Waals surface area contributed by atoms with Crippen LogP contribution in [0.1, 0.15) is 10.4 Å². The quantitative estimate of drug-likeness (QED) is 0.845. The van der Waals surface area contributed by atoms with E-state index in [4.69, 9.17) is 4.55 Å². The molecule has 0 unspecified atom stereocenters. The van der Waals surface area contributed by atoms with Crippen LogP contribution in [-0.2, 0) is 0 Å². The van der Waals surface area contributed by atoms with E-state index >= 15 is 0 Å². The molecule has 2 N–H and O–H groups in total. The third-order valence-corrected chi connectivity index (χ3v) is 2.98. The fourth-order valence-electron chi connectivity index (χ4n) is 1.49. The zero-order valence-electron chi connectivity index (χ0n) is 9.86. The van der Waals surface area contributed by atoms with Crippen LogP contribution in [0.2, 0.25) is 0 Å². The third-order valence-electron chi connectivity index (χ3n) is 2.47. The molecule has 0 radical (unpaired) electrons. The summed E-state index contributed by atoms with van der Waals surface area (Å²) in [6.07, 6.45) is 0. The van der Waals surface area contributed by atoms with E-state index in [0.717, 1.165) is 24.3 Å². The molecule has 0 heterocycles. The first-order valence-corrected chi connectivity index (χ1v) is 6.16. The molecule has 104 valence electrons. The van der Waals surface area contributed by atoms with Crippen LogP contribution >= 0.6 is 12.0 Å². The highest BCUT2D eigenvalue weighted by molar-refractivity contribution is 7.93. The molecular formula is C13H8F3NO2S. The maximum atomic E-state index is 13.2. The lowest BCUT2D eigenvalue weighted by Crippen LogP contribution is -2.12. The summed E-state index contributed by atoms with van der Waals surface area (Å²) in [5, 5.41) is 2.34. The van der Waals surface area contributed by atoms with E-state index < -0.39 is 23.4 Å². The van der Waals surface area contributed by atoms with E-state index in [1.165, 1.54) is 12.1 Å². The standard InChI is InChI=1S/C13H8F3NO2S/c14-9-4-2-8(6-11(9)16)17-13(18)7-1-3-10(15)12(5-7)20-19/h1-6,19H,(H,17,18). The van der Waals surface area contributed by atoms with Crippen molar-refractivity contribution in [1.82, 2.24) is 0 Å². The molecule has 0 bridgehead atoms. The summed E-state index contributed by atoms with van der Waals surface area (Å²) in [5.41, 5.74) is 0.143. The molecule has 2 rings (SSSR count). The molecule has 0 atom stereocenters. The van der Waals surface area contributed by atoms with Gasteiger partial charge in [0.25, 0.3) is 5.91 Å². The normalized spacial score (nSPS) is 10.4. The first-order valence-electron chi connectivity index (χ1n) is 5.38. The Hall–Kier alpha value is -1.99. The van der Waals surface area contributed by atoms with Crippen molar-refractivity contribution in [3.8, 4) is 0 Å². The molecule has 0 saturated carbocycles. The second-order valence-corrected chi connectivity index (χ2v) is 4.44. The van der Waals surface area contributed by atoms with Crippen molar-refractivity contribution in [2.45, 2.75) is 4.90 Å². The van der Waals surface area contributed by atoms with Gasteiger partial charge >= 0.3 is 0 Å². The summed E-state index contributed by atoms with van der Waals surface area (Å²) in [6.45, 7) is 0. The third kappa shape index (κ3) is 3.12. The van der Waals surface area contributed by atoms with Gasteiger partial charge in [0.1, 0.15) is 5.82 Å². The maximum absolute atomic E-state index is 13.2. The summed E-state index contributed by atoms with van der Waals surface area (Å²) in [7, 11) is 0. The van der Waals surface area contributed by atoms with Crippen LogP contribution in [-0.4, -0.2) is 10.5 Å². The van der Waals surface area contributed by atoms with Gasteiger partial charge in [0.2, 0.25) is 0 Å². The van der Waals surface area contributed by atoms with Gasteiger partial charge in [-0.3, -0.25) is 4.79 Å². The Bertz CT molecular complexity index is 664. The van der Waals surface area contributed by atoms with Crippen LogP contribution in [0.4, 0.5) is 18.9 Å². The van der Waals surface area contributed by atoms with E-state index in [9.17, 15) is 18.0 Å². The molecule has 0 aliphatic heterocycles. The summed E-state index contributed by atoms with van der Waals surface area (Å²) in [6, 6.07) is 6.29. The lowest BCUT2D eigenvalue weighted by molar-refractivity contribution is 0.102. The highest BCUT2D eigenvalue weighted by atomic mass is 32.2. The lowest BCUT2D eigenvalue weighted by Gasteiger charge is -2.07. The number of carbonyl (C=O) groups is 1. The smallest absolute Gasteiger partial charge is 0.255 e. The van der Waals surface area contributed by atoms with Gasteiger partial charge in [0, 0.05) is 29.4 Å². The molecule has 0 aliphatic rings. The average molecular weight is 299 g/mol. The SMILES string of the molecule is O=C(Nc1ccc(F)c(F)c1)c1ccc(F)c(SO)c1. The number of nitrogens with one attached hydrogen (secondary N) is 1. The van der Waals surface area contributed by atoms with Crippen LogP contribution in [0.15, 0.2) is 41.3 Å². The van der Waals surface area contributed by atoms with E-state index in [1.807, 2.05) is 0 Å². The number of anilines is 1. The summed E-state index contributed by atoms with van der Waals surface area (Å²) < 4.78 is 47.7. The van der Waals surface area contributed by atoms with Crippen molar-refractivity contribution in [3.63, 3.8) is 0 Å². The van der Waals surface area contributed by atoms with E-state index in [-0.39, 0.29) is 28.2 Å². The first kappa shape index (κ1) is 14.4. The molecule has 7 heteroatoms. The summed E-state index contributed by atoms with van der Waals surface area (Å²) in [4.78, 5) is 11.7. The first-order chi connectivity index (χ1) is 9.51. The van der Waals surface area contributed by atoms with Crippen LogP contribution in [0, 0.1) is 17.5 Å². The topological polar surface area (TPSA) is 49.3 Å². The molecule has 0 spiro atoms. The highest BCUT2D eigenvalue weighted by Gasteiger charge is 2.11. The predicted molar refractivity (Wildman–Crippen MR) is 69.2 cm³/mol. The van der Waals surface area contributed by atoms with Gasteiger partial charge in [-0.15, -0.1) is 0 Å². The minimum Gasteiger partial charge on any atom is -0.325 e. The van der Waals surface area contributed by atoms with Gasteiger partial charge in [-0.1, -0.05) is 0 Å². The van der Waals surface area contributed by atoms with Crippen molar-refractivity contribution >= 4 is 23.6 Å². The fraction of sp³-hybridized carbons (Fsp3) is 0. The average Bonchev–Trinajstić information content (AvgIpc) is 2.43. The number of rotatable bonds is 3. The van der Waals surface area contributed by atoms with Gasteiger partial charge in [0.05, 0.1) is 4.90 Å². The number of carbonyl (C=O) groups excluding carboxylic acids is 1. The molecule has 2 aromatic carbocycles. The second kappa shape index (κ2) is 5.98. The molecule has 20 heavy (non-hydrogen) atoms. The fourth-order valence-corrected chi connectivity index (χ4v) is 1.83. The molecule has 3 nitrogen and oxygen atoms in total. The Morgan fingerprint density at radius 1 is 1.00 bits per heavy atom. The lowest BCUT2D eigenvalue weighted by atomic mass is 10.2. The van der Waals surface area contributed by atoms with Crippen LogP contribution < -0.4 is 5.32 Å². The largest absolute Gasteiger partial charge is 0.325 e. The van der Waals surface area contributed by atoms with Gasteiger partial charge in [-0.25, -0.2) is 13.2 Å². The molecule has 0 saturated heterocycles. The van der Waals surface area contributed by atoms with Crippen LogP contribution in [0.3, 0.4) is 0 Å². The Morgan fingerprint density at radius 3 is 2.35 bits per heavy atom. The second-order valence-electron chi connectivity index (χ2n) is 3.82. The van der Waals surface area contributed by atoms with E-state index in [2.05, 4.69) is 5.32 Å². The monoisotopic (exact) mass is 299 g/mol. The summed E-state index contributed by atoms with van der Waals surface area (Å²) in [5.74, 6) is -3.41.